The lowest BCUT2D eigenvalue weighted by Gasteiger charge is -2.05. The third-order valence-corrected chi connectivity index (χ3v) is 3.61. The predicted molar refractivity (Wildman–Crippen MR) is 54.6 cm³/mol. The second-order valence-corrected chi connectivity index (χ2v) is 4.68. The van der Waals surface area contributed by atoms with E-state index in [-0.39, 0.29) is 0 Å². The van der Waals surface area contributed by atoms with Gasteiger partial charge in [-0.15, -0.1) is 0 Å². The number of carbonyl (C=O) groups is 1. The van der Waals surface area contributed by atoms with Crippen LogP contribution in [0.4, 0.5) is 0 Å². The predicted octanol–water partition coefficient (Wildman–Crippen LogP) is 2.89. The molecule has 1 aliphatic rings. The van der Waals surface area contributed by atoms with Crippen LogP contribution in [0.2, 0.25) is 0 Å². The van der Waals surface area contributed by atoms with Gasteiger partial charge < -0.3 is 0 Å². The Bertz CT molecular complexity index is 145. The van der Waals surface area contributed by atoms with E-state index < -0.39 is 0 Å². The molecule has 2 heteroatoms. The second kappa shape index (κ2) is 5.63. The van der Waals surface area contributed by atoms with Crippen LogP contribution < -0.4 is 0 Å². The summed E-state index contributed by atoms with van der Waals surface area (Å²) in [5.41, 5.74) is 0. The van der Waals surface area contributed by atoms with Crippen LogP contribution >= 0.6 is 11.8 Å². The standard InChI is InChI=1S/C10H18OS/c1-2-7-12-8-6-9-4-3-5-10(9)11/h9H,2-8H2,1H3. The largest absolute Gasteiger partial charge is 0.299 e. The molecule has 0 spiro atoms. The third kappa shape index (κ3) is 3.18. The number of rotatable bonds is 5. The summed E-state index contributed by atoms with van der Waals surface area (Å²) in [6, 6.07) is 0. The molecule has 0 N–H and O–H groups in total. The van der Waals surface area contributed by atoms with Gasteiger partial charge in [0.1, 0.15) is 5.78 Å². The number of thioether (sulfide) groups is 1. The Morgan fingerprint density at radius 2 is 2.33 bits per heavy atom. The highest BCUT2D eigenvalue weighted by Gasteiger charge is 2.23. The van der Waals surface area contributed by atoms with Gasteiger partial charge in [-0.05, 0) is 37.2 Å². The normalized spacial score (nSPS) is 23.4. The van der Waals surface area contributed by atoms with E-state index in [0.717, 1.165) is 25.7 Å². The summed E-state index contributed by atoms with van der Waals surface area (Å²) in [4.78, 5) is 11.2. The molecule has 0 aromatic heterocycles. The van der Waals surface area contributed by atoms with E-state index in [1.165, 1.54) is 17.9 Å². The topological polar surface area (TPSA) is 17.1 Å². The van der Waals surface area contributed by atoms with Gasteiger partial charge >= 0.3 is 0 Å². The first-order chi connectivity index (χ1) is 5.84. The average molecular weight is 186 g/mol. The van der Waals surface area contributed by atoms with Gasteiger partial charge in [-0.2, -0.15) is 11.8 Å². The number of carbonyl (C=O) groups excluding carboxylic acids is 1. The van der Waals surface area contributed by atoms with Crippen molar-refractivity contribution in [1.82, 2.24) is 0 Å². The van der Waals surface area contributed by atoms with Crippen LogP contribution in [0.3, 0.4) is 0 Å². The van der Waals surface area contributed by atoms with Gasteiger partial charge in [0.2, 0.25) is 0 Å². The van der Waals surface area contributed by atoms with Crippen molar-refractivity contribution in [2.75, 3.05) is 11.5 Å². The van der Waals surface area contributed by atoms with Crippen LogP contribution in [0.1, 0.15) is 39.0 Å². The van der Waals surface area contributed by atoms with E-state index in [1.54, 1.807) is 0 Å². The summed E-state index contributed by atoms with van der Waals surface area (Å²) in [5.74, 6) is 3.38. The molecule has 0 bridgehead atoms. The highest BCUT2D eigenvalue weighted by Crippen LogP contribution is 2.25. The summed E-state index contributed by atoms with van der Waals surface area (Å²) < 4.78 is 0. The molecule has 0 aromatic rings. The quantitative estimate of drug-likeness (QED) is 0.614. The molecule has 1 unspecified atom stereocenters. The molecule has 1 atom stereocenters. The molecule has 0 saturated heterocycles. The Kier molecular flexibility index (Phi) is 4.74. The minimum atomic E-state index is 0.425. The number of ketones is 1. The zero-order valence-corrected chi connectivity index (χ0v) is 8.66. The summed E-state index contributed by atoms with van der Waals surface area (Å²) >= 11 is 1.99. The molecule has 1 nitrogen and oxygen atoms in total. The Morgan fingerprint density at radius 3 is 2.92 bits per heavy atom. The third-order valence-electron chi connectivity index (χ3n) is 2.39. The highest BCUT2D eigenvalue weighted by atomic mass is 32.2. The van der Waals surface area contributed by atoms with Gasteiger partial charge in [0.25, 0.3) is 0 Å². The average Bonchev–Trinajstić information content (AvgIpc) is 2.46. The molecule has 12 heavy (non-hydrogen) atoms. The molecule has 0 amide bonds. The van der Waals surface area contributed by atoms with E-state index >= 15 is 0 Å². The number of hydrogen-bond acceptors (Lipinski definition) is 2. The van der Waals surface area contributed by atoms with Crippen molar-refractivity contribution >= 4 is 17.5 Å². The second-order valence-electron chi connectivity index (χ2n) is 3.46. The van der Waals surface area contributed by atoms with Gasteiger partial charge in [0.15, 0.2) is 0 Å². The maximum atomic E-state index is 11.2. The summed E-state index contributed by atoms with van der Waals surface area (Å²) in [5, 5.41) is 0. The van der Waals surface area contributed by atoms with E-state index in [2.05, 4.69) is 6.92 Å². The molecule has 1 aliphatic carbocycles. The van der Waals surface area contributed by atoms with Crippen molar-refractivity contribution in [1.29, 1.82) is 0 Å². The smallest absolute Gasteiger partial charge is 0.136 e. The summed E-state index contributed by atoms with van der Waals surface area (Å²) in [7, 11) is 0. The molecule has 0 radical (unpaired) electrons. The molecule has 70 valence electrons. The molecular weight excluding hydrogens is 168 g/mol. The van der Waals surface area contributed by atoms with Crippen molar-refractivity contribution < 1.29 is 4.79 Å². The molecule has 1 fully saturated rings. The van der Waals surface area contributed by atoms with Gasteiger partial charge in [-0.1, -0.05) is 6.92 Å². The minimum absolute atomic E-state index is 0.425. The minimum Gasteiger partial charge on any atom is -0.299 e. The number of hydrogen-bond donors (Lipinski definition) is 0. The van der Waals surface area contributed by atoms with Gasteiger partial charge in [0.05, 0.1) is 0 Å². The summed E-state index contributed by atoms with van der Waals surface area (Å²) in [6.07, 6.45) is 5.53. The van der Waals surface area contributed by atoms with E-state index in [4.69, 9.17) is 0 Å². The van der Waals surface area contributed by atoms with Crippen LogP contribution in [0.5, 0.6) is 0 Å². The van der Waals surface area contributed by atoms with Gasteiger partial charge in [-0.25, -0.2) is 0 Å². The molecular formula is C10H18OS. The van der Waals surface area contributed by atoms with Gasteiger partial charge in [0, 0.05) is 12.3 Å². The molecule has 1 saturated carbocycles. The fourth-order valence-electron chi connectivity index (χ4n) is 1.67. The molecule has 0 heterocycles. The first-order valence-corrected chi connectivity index (χ1v) is 6.10. The number of Topliss-reactive ketones (excluding diaryl/α,β-unsaturated/α-hetero) is 1. The Balaban J connectivity index is 2.02. The SMILES string of the molecule is CCCSCCC1CCCC1=O. The lowest BCUT2D eigenvalue weighted by atomic mass is 10.1. The fraction of sp³-hybridized carbons (Fsp3) is 0.900. The first kappa shape index (κ1) is 10.1. The van der Waals surface area contributed by atoms with Crippen molar-refractivity contribution in [2.45, 2.75) is 39.0 Å². The molecule has 1 rings (SSSR count). The van der Waals surface area contributed by atoms with Crippen molar-refractivity contribution in [2.24, 2.45) is 5.92 Å². The Hall–Kier alpha value is 0.0200. The fourth-order valence-corrected chi connectivity index (χ4v) is 2.61. The maximum absolute atomic E-state index is 11.2. The van der Waals surface area contributed by atoms with E-state index in [9.17, 15) is 4.79 Å². The monoisotopic (exact) mass is 186 g/mol. The Labute approximate surface area is 79.3 Å². The zero-order chi connectivity index (χ0) is 8.81. The van der Waals surface area contributed by atoms with E-state index in [1.807, 2.05) is 11.8 Å². The molecule has 0 aliphatic heterocycles. The highest BCUT2D eigenvalue weighted by molar-refractivity contribution is 7.99. The van der Waals surface area contributed by atoms with Crippen LogP contribution in [-0.4, -0.2) is 17.3 Å². The Morgan fingerprint density at radius 1 is 1.50 bits per heavy atom. The zero-order valence-electron chi connectivity index (χ0n) is 7.84. The van der Waals surface area contributed by atoms with Crippen LogP contribution in [-0.2, 0) is 4.79 Å². The lowest BCUT2D eigenvalue weighted by Crippen LogP contribution is -2.06. The van der Waals surface area contributed by atoms with Crippen molar-refractivity contribution in [3.05, 3.63) is 0 Å². The molecule has 0 aromatic carbocycles. The lowest BCUT2D eigenvalue weighted by molar-refractivity contribution is -0.120. The van der Waals surface area contributed by atoms with E-state index in [0.29, 0.717) is 11.7 Å². The maximum Gasteiger partial charge on any atom is 0.136 e. The van der Waals surface area contributed by atoms with Gasteiger partial charge in [-0.3, -0.25) is 4.79 Å². The first-order valence-electron chi connectivity index (χ1n) is 4.95. The van der Waals surface area contributed by atoms with Crippen LogP contribution in [0.25, 0.3) is 0 Å². The van der Waals surface area contributed by atoms with Crippen molar-refractivity contribution in [3.8, 4) is 0 Å². The summed E-state index contributed by atoms with van der Waals surface area (Å²) in [6.45, 7) is 2.20. The van der Waals surface area contributed by atoms with Crippen molar-refractivity contribution in [3.63, 3.8) is 0 Å². The van der Waals surface area contributed by atoms with Crippen LogP contribution in [0, 0.1) is 5.92 Å². The van der Waals surface area contributed by atoms with Crippen LogP contribution in [0.15, 0.2) is 0 Å².